The number of rotatable bonds is 2. The number of phenols is 2. The number of phenolic OH excluding ortho intramolecular Hbond substituents is 2. The standard InChI is InChI=1S/C22H22N2O7.ClH/c1-8-9-5-4-6-12(25)13(9)17(26)14-10(8)7-11-16(24(2)3)18(27)15(21(23)30)20(29)22(11,31)19(14)28;/h4-6,11,16,25-26,29,31H,7H2,1-3H3,(H2,23,30);1H/t11-,16+,22-;/m0./s1. The molecule has 0 aliphatic heterocycles. The number of nitrogens with zero attached hydrogens (tertiary/aromatic N) is 1. The fourth-order valence-corrected chi connectivity index (χ4v) is 5.04. The number of carbonyl (C=O) groups is 3. The summed E-state index contributed by atoms with van der Waals surface area (Å²) in [5.41, 5.74) is 2.50. The van der Waals surface area contributed by atoms with Gasteiger partial charge >= 0.3 is 0 Å². The third-order valence-corrected chi connectivity index (χ3v) is 6.51. The first-order valence-electron chi connectivity index (χ1n) is 9.61. The molecule has 0 aromatic heterocycles. The molecule has 0 unspecified atom stereocenters. The van der Waals surface area contributed by atoms with Crippen molar-refractivity contribution < 1.29 is 34.8 Å². The number of aliphatic hydroxyl groups excluding tert-OH is 1. The van der Waals surface area contributed by atoms with Crippen LogP contribution in [0.25, 0.3) is 10.8 Å². The quantitative estimate of drug-likeness (QED) is 0.411. The molecule has 0 heterocycles. The molecular formula is C22H23ClN2O7. The third kappa shape index (κ3) is 2.75. The number of halogens is 1. The fourth-order valence-electron chi connectivity index (χ4n) is 5.04. The number of ketones is 2. The molecule has 0 saturated carbocycles. The SMILES string of the molecule is Cc1c2c(c(O)c3c(O)cccc13)C(=O)[C@]1(O)C(O)=C(C(N)=O)C(=O)[C@H](N(C)C)[C@@H]1C2.Cl. The van der Waals surface area contributed by atoms with Gasteiger partial charge in [0.05, 0.1) is 17.0 Å². The second-order valence-electron chi connectivity index (χ2n) is 8.29. The first-order valence-corrected chi connectivity index (χ1v) is 9.61. The third-order valence-electron chi connectivity index (χ3n) is 6.51. The predicted molar refractivity (Wildman–Crippen MR) is 117 cm³/mol. The van der Waals surface area contributed by atoms with Gasteiger partial charge in [0.25, 0.3) is 5.91 Å². The minimum Gasteiger partial charge on any atom is -0.508 e. The lowest BCUT2D eigenvalue weighted by atomic mass is 9.61. The molecule has 0 saturated heterocycles. The summed E-state index contributed by atoms with van der Waals surface area (Å²) < 4.78 is 0. The molecule has 2 aliphatic rings. The number of aliphatic hydroxyl groups is 2. The summed E-state index contributed by atoms with van der Waals surface area (Å²) >= 11 is 0. The molecule has 0 spiro atoms. The molecule has 2 aliphatic carbocycles. The number of Topliss-reactive ketones (excluding diaryl/α,β-unsaturated/α-hetero) is 2. The van der Waals surface area contributed by atoms with Crippen molar-refractivity contribution in [3.05, 3.63) is 46.2 Å². The minimum atomic E-state index is -2.65. The number of carbonyl (C=O) groups excluding carboxylic acids is 3. The van der Waals surface area contributed by atoms with Gasteiger partial charge in [0.2, 0.25) is 5.78 Å². The average Bonchev–Trinajstić information content (AvgIpc) is 2.68. The molecule has 0 radical (unpaired) electrons. The van der Waals surface area contributed by atoms with Crippen LogP contribution in [-0.4, -0.2) is 68.5 Å². The van der Waals surface area contributed by atoms with E-state index in [-0.39, 0.29) is 35.5 Å². The molecule has 4 rings (SSSR count). The zero-order chi connectivity index (χ0) is 23.0. The number of amides is 1. The summed E-state index contributed by atoms with van der Waals surface area (Å²) in [4.78, 5) is 39.9. The van der Waals surface area contributed by atoms with Crippen LogP contribution in [0.5, 0.6) is 11.5 Å². The van der Waals surface area contributed by atoms with E-state index >= 15 is 0 Å². The number of aromatic hydroxyl groups is 2. The van der Waals surface area contributed by atoms with E-state index < -0.39 is 52.1 Å². The van der Waals surface area contributed by atoms with Crippen LogP contribution in [0, 0.1) is 12.8 Å². The number of hydrogen-bond donors (Lipinski definition) is 5. The maximum absolute atomic E-state index is 13.6. The maximum atomic E-state index is 13.6. The smallest absolute Gasteiger partial charge is 0.255 e. The monoisotopic (exact) mass is 462 g/mol. The Labute approximate surface area is 189 Å². The van der Waals surface area contributed by atoms with Gasteiger partial charge in [0.15, 0.2) is 11.4 Å². The van der Waals surface area contributed by atoms with E-state index in [1.807, 2.05) is 0 Å². The molecule has 0 fully saturated rings. The zero-order valence-electron chi connectivity index (χ0n) is 17.5. The van der Waals surface area contributed by atoms with Gasteiger partial charge in [-0.3, -0.25) is 19.3 Å². The van der Waals surface area contributed by atoms with Gasteiger partial charge in [-0.05, 0) is 50.0 Å². The fraction of sp³-hybridized carbons (Fsp3) is 0.318. The number of aryl methyl sites for hydroxylation is 1. The van der Waals surface area contributed by atoms with Crippen LogP contribution < -0.4 is 5.73 Å². The van der Waals surface area contributed by atoms with Crippen LogP contribution in [0.3, 0.4) is 0 Å². The number of hydrogen-bond acceptors (Lipinski definition) is 8. The first-order chi connectivity index (χ1) is 14.4. The Morgan fingerprint density at radius 1 is 1.19 bits per heavy atom. The molecule has 2 aromatic rings. The van der Waals surface area contributed by atoms with Crippen molar-refractivity contribution in [1.82, 2.24) is 4.90 Å². The summed E-state index contributed by atoms with van der Waals surface area (Å²) in [5, 5.41) is 43.9. The lowest BCUT2D eigenvalue weighted by Crippen LogP contribution is -2.64. The molecule has 1 amide bonds. The summed E-state index contributed by atoms with van der Waals surface area (Å²) in [6.45, 7) is 1.71. The van der Waals surface area contributed by atoms with Crippen molar-refractivity contribution in [2.45, 2.75) is 25.0 Å². The van der Waals surface area contributed by atoms with Gasteiger partial charge in [-0.15, -0.1) is 12.4 Å². The van der Waals surface area contributed by atoms with E-state index in [0.717, 1.165) is 0 Å². The topological polar surface area (TPSA) is 161 Å². The predicted octanol–water partition coefficient (Wildman–Crippen LogP) is 0.878. The molecule has 32 heavy (non-hydrogen) atoms. The Balaban J connectivity index is 0.00000289. The highest BCUT2D eigenvalue weighted by Gasteiger charge is 2.62. The second kappa shape index (κ2) is 7.47. The minimum absolute atomic E-state index is 0. The summed E-state index contributed by atoms with van der Waals surface area (Å²) in [5.74, 6) is -6.18. The lowest BCUT2D eigenvalue weighted by molar-refractivity contribution is -0.132. The summed E-state index contributed by atoms with van der Waals surface area (Å²) in [7, 11) is 3.10. The van der Waals surface area contributed by atoms with Gasteiger partial charge in [0, 0.05) is 5.92 Å². The van der Waals surface area contributed by atoms with E-state index in [9.17, 15) is 34.8 Å². The molecule has 2 aromatic carbocycles. The lowest BCUT2D eigenvalue weighted by Gasteiger charge is -2.47. The normalized spacial score (nSPS) is 24.9. The maximum Gasteiger partial charge on any atom is 0.255 e. The Hall–Kier alpha value is -3.14. The van der Waals surface area contributed by atoms with E-state index in [1.54, 1.807) is 33.2 Å². The van der Waals surface area contributed by atoms with Crippen LogP contribution in [0.15, 0.2) is 29.5 Å². The zero-order valence-corrected chi connectivity index (χ0v) is 18.4. The highest BCUT2D eigenvalue weighted by atomic mass is 35.5. The molecule has 6 N–H and O–H groups in total. The van der Waals surface area contributed by atoms with Crippen LogP contribution >= 0.6 is 12.4 Å². The van der Waals surface area contributed by atoms with Crippen LogP contribution in [-0.2, 0) is 16.0 Å². The summed E-state index contributed by atoms with van der Waals surface area (Å²) in [6, 6.07) is 3.50. The van der Waals surface area contributed by atoms with E-state index in [1.165, 1.54) is 11.0 Å². The van der Waals surface area contributed by atoms with Gasteiger partial charge in [-0.2, -0.15) is 0 Å². The molecule has 170 valence electrons. The van der Waals surface area contributed by atoms with Crippen molar-refractivity contribution in [3.63, 3.8) is 0 Å². The van der Waals surface area contributed by atoms with Crippen LogP contribution in [0.4, 0.5) is 0 Å². The van der Waals surface area contributed by atoms with Gasteiger partial charge in [0.1, 0.15) is 22.8 Å². The van der Waals surface area contributed by atoms with Crippen molar-refractivity contribution in [2.24, 2.45) is 11.7 Å². The number of benzene rings is 2. The number of primary amides is 1. The van der Waals surface area contributed by atoms with Gasteiger partial charge < -0.3 is 26.2 Å². The molecular weight excluding hydrogens is 440 g/mol. The van der Waals surface area contributed by atoms with Crippen molar-refractivity contribution in [2.75, 3.05) is 14.1 Å². The summed E-state index contributed by atoms with van der Waals surface area (Å²) in [6.07, 6.45) is -0.0484. The average molecular weight is 463 g/mol. The van der Waals surface area contributed by atoms with E-state index in [4.69, 9.17) is 5.73 Å². The van der Waals surface area contributed by atoms with Crippen molar-refractivity contribution in [1.29, 1.82) is 0 Å². The van der Waals surface area contributed by atoms with Gasteiger partial charge in [-0.1, -0.05) is 12.1 Å². The molecule has 0 bridgehead atoms. The Morgan fingerprint density at radius 2 is 1.81 bits per heavy atom. The number of likely N-dealkylation sites (N-methyl/N-ethyl adjacent to an activating group) is 1. The largest absolute Gasteiger partial charge is 0.508 e. The second-order valence-corrected chi connectivity index (χ2v) is 8.29. The highest BCUT2D eigenvalue weighted by Crippen LogP contribution is 2.50. The van der Waals surface area contributed by atoms with Crippen LogP contribution in [0.2, 0.25) is 0 Å². The van der Waals surface area contributed by atoms with Crippen molar-refractivity contribution in [3.8, 4) is 11.5 Å². The van der Waals surface area contributed by atoms with Crippen molar-refractivity contribution >= 4 is 40.7 Å². The molecule has 9 nitrogen and oxygen atoms in total. The molecule has 10 heteroatoms. The van der Waals surface area contributed by atoms with Gasteiger partial charge in [-0.25, -0.2) is 0 Å². The number of nitrogens with two attached hydrogens (primary N) is 1. The molecule has 3 atom stereocenters. The van der Waals surface area contributed by atoms with E-state index in [2.05, 4.69) is 0 Å². The highest BCUT2D eigenvalue weighted by molar-refractivity contribution is 6.25. The van der Waals surface area contributed by atoms with Crippen LogP contribution in [0.1, 0.15) is 21.5 Å². The number of fused-ring (bicyclic) bond motifs is 3. The van der Waals surface area contributed by atoms with E-state index in [0.29, 0.717) is 16.5 Å². The Bertz CT molecular complexity index is 1240. The Kier molecular flexibility index (Phi) is 5.49. The Morgan fingerprint density at radius 3 is 2.38 bits per heavy atom. The first kappa shape index (κ1) is 23.5.